The number of benzene rings is 2. The topological polar surface area (TPSA) is 46.2 Å². The predicted molar refractivity (Wildman–Crippen MR) is 84.9 cm³/mol. The van der Waals surface area contributed by atoms with Crippen molar-refractivity contribution in [2.45, 2.75) is 13.8 Å². The van der Waals surface area contributed by atoms with Crippen LogP contribution in [-0.2, 0) is 9.59 Å². The van der Waals surface area contributed by atoms with E-state index in [1.165, 1.54) is 6.92 Å². The molecule has 0 spiro atoms. The Morgan fingerprint density at radius 3 is 2.33 bits per heavy atom. The van der Waals surface area contributed by atoms with E-state index in [0.717, 1.165) is 11.1 Å². The maximum Gasteiger partial charge on any atom is 0.259 e. The molecule has 2 rings (SSSR count). The van der Waals surface area contributed by atoms with Gasteiger partial charge in [0.25, 0.3) is 5.91 Å². The van der Waals surface area contributed by atoms with E-state index < -0.39 is 5.91 Å². The van der Waals surface area contributed by atoms with Crippen LogP contribution < -0.4 is 5.32 Å². The van der Waals surface area contributed by atoms with Gasteiger partial charge in [-0.15, -0.1) is 0 Å². The average molecular weight is 279 g/mol. The molecule has 0 aliphatic carbocycles. The van der Waals surface area contributed by atoms with Gasteiger partial charge in [0.15, 0.2) is 5.78 Å². The number of hydrogen-bond acceptors (Lipinski definition) is 2. The molecule has 0 unspecified atom stereocenters. The van der Waals surface area contributed by atoms with Crippen LogP contribution in [0.15, 0.2) is 60.2 Å². The van der Waals surface area contributed by atoms with E-state index in [1.54, 1.807) is 12.1 Å². The van der Waals surface area contributed by atoms with Crippen LogP contribution in [0.1, 0.15) is 18.1 Å². The van der Waals surface area contributed by atoms with Gasteiger partial charge in [0.05, 0.1) is 5.57 Å². The minimum absolute atomic E-state index is 0.141. The van der Waals surface area contributed by atoms with Gasteiger partial charge in [-0.25, -0.2) is 0 Å². The van der Waals surface area contributed by atoms with Gasteiger partial charge in [-0.05, 0) is 43.2 Å². The van der Waals surface area contributed by atoms with E-state index in [1.807, 2.05) is 55.5 Å². The molecule has 3 heteroatoms. The fourth-order valence-electron chi connectivity index (χ4n) is 1.96. The summed E-state index contributed by atoms with van der Waals surface area (Å²) in [4.78, 5) is 24.0. The zero-order chi connectivity index (χ0) is 15.2. The number of carbonyl (C=O) groups excluding carboxylic acids is 2. The molecule has 1 N–H and O–H groups in total. The fraction of sp³-hybridized carbons (Fsp3) is 0.111. The average Bonchev–Trinajstić information content (AvgIpc) is 2.45. The van der Waals surface area contributed by atoms with E-state index in [0.29, 0.717) is 5.69 Å². The first kappa shape index (κ1) is 14.7. The number of anilines is 1. The minimum Gasteiger partial charge on any atom is -0.322 e. The molecule has 2 aromatic rings. The zero-order valence-electron chi connectivity index (χ0n) is 12.1. The predicted octanol–water partition coefficient (Wildman–Crippen LogP) is 3.61. The molecular weight excluding hydrogens is 262 g/mol. The van der Waals surface area contributed by atoms with Crippen molar-refractivity contribution in [1.29, 1.82) is 0 Å². The van der Waals surface area contributed by atoms with Gasteiger partial charge in [-0.1, -0.05) is 42.5 Å². The summed E-state index contributed by atoms with van der Waals surface area (Å²) >= 11 is 0. The SMILES string of the molecule is CC(=O)C(=Cc1ccccc1)C(=O)Nc1cccc(C)c1. The molecule has 0 aliphatic rings. The van der Waals surface area contributed by atoms with Crippen LogP contribution in [-0.4, -0.2) is 11.7 Å². The first-order valence-electron chi connectivity index (χ1n) is 6.72. The summed E-state index contributed by atoms with van der Waals surface area (Å²) in [5.41, 5.74) is 2.69. The molecule has 0 radical (unpaired) electrons. The van der Waals surface area contributed by atoms with Gasteiger partial charge >= 0.3 is 0 Å². The van der Waals surface area contributed by atoms with Crippen molar-refractivity contribution in [1.82, 2.24) is 0 Å². The normalized spacial score (nSPS) is 11.0. The van der Waals surface area contributed by atoms with Crippen LogP contribution in [0.5, 0.6) is 0 Å². The summed E-state index contributed by atoms with van der Waals surface area (Å²) in [5.74, 6) is -0.652. The summed E-state index contributed by atoms with van der Waals surface area (Å²) in [6, 6.07) is 16.8. The Labute approximate surface area is 124 Å². The lowest BCUT2D eigenvalue weighted by molar-refractivity contribution is -0.118. The second-order valence-electron chi connectivity index (χ2n) is 4.85. The second kappa shape index (κ2) is 6.66. The number of rotatable bonds is 4. The van der Waals surface area contributed by atoms with Crippen LogP contribution in [0.3, 0.4) is 0 Å². The van der Waals surface area contributed by atoms with E-state index in [9.17, 15) is 9.59 Å². The van der Waals surface area contributed by atoms with Gasteiger partial charge in [0.1, 0.15) is 0 Å². The highest BCUT2D eigenvalue weighted by Gasteiger charge is 2.14. The number of nitrogens with one attached hydrogen (secondary N) is 1. The number of hydrogen-bond donors (Lipinski definition) is 1. The third-order valence-corrected chi connectivity index (χ3v) is 3.01. The standard InChI is InChI=1S/C18H17NO2/c1-13-7-6-10-16(11-13)19-18(21)17(14(2)20)12-15-8-4-3-5-9-15/h3-12H,1-2H3,(H,19,21). The van der Waals surface area contributed by atoms with Crippen LogP contribution >= 0.6 is 0 Å². The molecule has 0 aliphatic heterocycles. The Morgan fingerprint density at radius 2 is 1.71 bits per heavy atom. The van der Waals surface area contributed by atoms with Gasteiger partial charge < -0.3 is 5.32 Å². The molecule has 0 bridgehead atoms. The molecule has 0 fully saturated rings. The van der Waals surface area contributed by atoms with Gasteiger partial charge in [-0.3, -0.25) is 9.59 Å². The molecule has 3 nitrogen and oxygen atoms in total. The minimum atomic E-state index is -0.392. The number of aryl methyl sites for hydroxylation is 1. The third kappa shape index (κ3) is 4.14. The smallest absolute Gasteiger partial charge is 0.259 e. The number of carbonyl (C=O) groups is 2. The molecule has 0 saturated heterocycles. The molecule has 1 amide bonds. The number of ketones is 1. The van der Waals surface area contributed by atoms with Crippen molar-refractivity contribution >= 4 is 23.5 Å². The maximum atomic E-state index is 12.3. The second-order valence-corrected chi connectivity index (χ2v) is 4.85. The lowest BCUT2D eigenvalue weighted by Crippen LogP contribution is -2.18. The van der Waals surface area contributed by atoms with Gasteiger partial charge in [-0.2, -0.15) is 0 Å². The van der Waals surface area contributed by atoms with Crippen LogP contribution in [0.4, 0.5) is 5.69 Å². The maximum absolute atomic E-state index is 12.3. The molecule has 2 aromatic carbocycles. The Balaban J connectivity index is 2.25. The largest absolute Gasteiger partial charge is 0.322 e. The Morgan fingerprint density at radius 1 is 1.00 bits per heavy atom. The first-order chi connectivity index (χ1) is 10.1. The summed E-state index contributed by atoms with van der Waals surface area (Å²) in [5, 5.41) is 2.76. The zero-order valence-corrected chi connectivity index (χ0v) is 12.1. The van der Waals surface area contributed by atoms with Crippen molar-refractivity contribution in [3.8, 4) is 0 Å². The van der Waals surface area contributed by atoms with E-state index in [2.05, 4.69) is 5.32 Å². The molecule has 21 heavy (non-hydrogen) atoms. The Bertz CT molecular complexity index is 687. The van der Waals surface area contributed by atoms with E-state index >= 15 is 0 Å². The molecule has 0 saturated carbocycles. The highest BCUT2D eigenvalue weighted by molar-refractivity contribution is 6.25. The number of Topliss-reactive ketones (excluding diaryl/α,β-unsaturated/α-hetero) is 1. The fourth-order valence-corrected chi connectivity index (χ4v) is 1.96. The summed E-state index contributed by atoms with van der Waals surface area (Å²) in [6.45, 7) is 3.34. The first-order valence-corrected chi connectivity index (χ1v) is 6.72. The van der Waals surface area contributed by atoms with Crippen LogP contribution in [0, 0.1) is 6.92 Å². The Kier molecular flexibility index (Phi) is 4.67. The summed E-state index contributed by atoms with van der Waals surface area (Å²) < 4.78 is 0. The van der Waals surface area contributed by atoms with E-state index in [4.69, 9.17) is 0 Å². The van der Waals surface area contributed by atoms with Crippen molar-refractivity contribution in [2.24, 2.45) is 0 Å². The highest BCUT2D eigenvalue weighted by atomic mass is 16.2. The summed E-state index contributed by atoms with van der Waals surface area (Å²) in [7, 11) is 0. The highest BCUT2D eigenvalue weighted by Crippen LogP contribution is 2.13. The van der Waals surface area contributed by atoms with E-state index in [-0.39, 0.29) is 11.4 Å². The quantitative estimate of drug-likeness (QED) is 0.528. The molecule has 106 valence electrons. The monoisotopic (exact) mass is 279 g/mol. The number of amides is 1. The lowest BCUT2D eigenvalue weighted by Gasteiger charge is -2.07. The lowest BCUT2D eigenvalue weighted by atomic mass is 10.1. The molecular formula is C18H17NO2. The third-order valence-electron chi connectivity index (χ3n) is 3.01. The molecule has 0 atom stereocenters. The van der Waals surface area contributed by atoms with Gasteiger partial charge in [0.2, 0.25) is 0 Å². The van der Waals surface area contributed by atoms with Crippen molar-refractivity contribution < 1.29 is 9.59 Å². The van der Waals surface area contributed by atoms with Gasteiger partial charge in [0, 0.05) is 5.69 Å². The van der Waals surface area contributed by atoms with Crippen molar-refractivity contribution in [3.05, 3.63) is 71.3 Å². The van der Waals surface area contributed by atoms with Crippen molar-refractivity contribution in [2.75, 3.05) is 5.32 Å². The molecule has 0 aromatic heterocycles. The Hall–Kier alpha value is -2.68. The van der Waals surface area contributed by atoms with Crippen LogP contribution in [0.2, 0.25) is 0 Å². The summed E-state index contributed by atoms with van der Waals surface area (Å²) in [6.07, 6.45) is 1.60. The van der Waals surface area contributed by atoms with Crippen LogP contribution in [0.25, 0.3) is 6.08 Å². The molecule has 0 heterocycles. The van der Waals surface area contributed by atoms with Crippen molar-refractivity contribution in [3.63, 3.8) is 0 Å².